The lowest BCUT2D eigenvalue weighted by molar-refractivity contribution is 1.07. The van der Waals surface area contributed by atoms with E-state index in [-0.39, 0.29) is 0 Å². The maximum atomic E-state index is 5.62. The van der Waals surface area contributed by atoms with E-state index in [9.17, 15) is 0 Å². The lowest BCUT2D eigenvalue weighted by Gasteiger charge is -2.14. The Hall–Kier alpha value is -1.62. The van der Waals surface area contributed by atoms with E-state index < -0.39 is 0 Å². The van der Waals surface area contributed by atoms with Crippen LogP contribution in [0.25, 0.3) is 11.3 Å². The molecule has 2 rings (SSSR count). The average molecular weight is 220 g/mol. The molecule has 0 spiro atoms. The van der Waals surface area contributed by atoms with Crippen LogP contribution in [0.1, 0.15) is 0 Å². The normalized spacial score (nSPS) is 10.3. The van der Waals surface area contributed by atoms with Crippen molar-refractivity contribution in [2.45, 2.75) is 0 Å². The second-order valence-electron chi connectivity index (χ2n) is 3.34. The van der Waals surface area contributed by atoms with Gasteiger partial charge in [0.15, 0.2) is 5.13 Å². The Bertz CT molecular complexity index is 464. The molecular formula is C10H12N4S. The highest BCUT2D eigenvalue weighted by Gasteiger charge is 2.10. The molecule has 0 radical (unpaired) electrons. The number of hydrogen-bond acceptors (Lipinski definition) is 5. The summed E-state index contributed by atoms with van der Waals surface area (Å²) in [6.45, 7) is 0. The SMILES string of the molecule is CN(C)c1ncccc1-c1csc(N)n1. The van der Waals surface area contributed by atoms with Crippen molar-refractivity contribution in [2.24, 2.45) is 0 Å². The first-order valence-corrected chi connectivity index (χ1v) is 5.40. The van der Waals surface area contributed by atoms with Crippen molar-refractivity contribution >= 4 is 22.3 Å². The fraction of sp³-hybridized carbons (Fsp3) is 0.200. The Labute approximate surface area is 92.4 Å². The van der Waals surface area contributed by atoms with Crippen molar-refractivity contribution in [3.63, 3.8) is 0 Å². The van der Waals surface area contributed by atoms with Crippen LogP contribution in [-0.4, -0.2) is 24.1 Å². The molecule has 0 saturated carbocycles. The number of hydrogen-bond donors (Lipinski definition) is 1. The van der Waals surface area contributed by atoms with Crippen LogP contribution in [0.3, 0.4) is 0 Å². The summed E-state index contributed by atoms with van der Waals surface area (Å²) in [4.78, 5) is 10.5. The van der Waals surface area contributed by atoms with E-state index >= 15 is 0 Å². The van der Waals surface area contributed by atoms with Crippen molar-refractivity contribution < 1.29 is 0 Å². The number of thiazole rings is 1. The third-order valence-electron chi connectivity index (χ3n) is 2.01. The van der Waals surface area contributed by atoms with Crippen LogP contribution in [0.5, 0.6) is 0 Å². The van der Waals surface area contributed by atoms with Gasteiger partial charge in [-0.25, -0.2) is 9.97 Å². The Balaban J connectivity index is 2.52. The molecule has 0 aliphatic carbocycles. The Morgan fingerprint density at radius 2 is 2.20 bits per heavy atom. The zero-order chi connectivity index (χ0) is 10.8. The minimum absolute atomic E-state index is 0.582. The van der Waals surface area contributed by atoms with Gasteiger partial charge in [-0.1, -0.05) is 0 Å². The van der Waals surface area contributed by atoms with Gasteiger partial charge >= 0.3 is 0 Å². The number of pyridine rings is 1. The number of aromatic nitrogens is 2. The number of nitrogens with two attached hydrogens (primary N) is 1. The maximum absolute atomic E-state index is 5.62. The van der Waals surface area contributed by atoms with E-state index in [1.54, 1.807) is 6.20 Å². The quantitative estimate of drug-likeness (QED) is 0.839. The molecule has 2 aromatic rings. The van der Waals surface area contributed by atoms with Crippen LogP contribution in [0.2, 0.25) is 0 Å². The Morgan fingerprint density at radius 3 is 2.80 bits per heavy atom. The molecule has 4 nitrogen and oxygen atoms in total. The number of nitrogen functional groups attached to an aromatic ring is 1. The molecule has 5 heteroatoms. The first-order chi connectivity index (χ1) is 7.18. The zero-order valence-corrected chi connectivity index (χ0v) is 9.45. The standard InChI is InChI=1S/C10H12N4S/c1-14(2)9-7(4-3-5-12-9)8-6-15-10(11)13-8/h3-6H,1-2H3,(H2,11,13). The zero-order valence-electron chi connectivity index (χ0n) is 8.64. The van der Waals surface area contributed by atoms with Crippen LogP contribution < -0.4 is 10.6 Å². The summed E-state index contributed by atoms with van der Waals surface area (Å²) >= 11 is 1.44. The topological polar surface area (TPSA) is 55.0 Å². The second-order valence-corrected chi connectivity index (χ2v) is 4.23. The summed E-state index contributed by atoms with van der Waals surface area (Å²) in [5.41, 5.74) is 7.51. The van der Waals surface area contributed by atoms with E-state index in [2.05, 4.69) is 9.97 Å². The van der Waals surface area contributed by atoms with Gasteiger partial charge in [-0.3, -0.25) is 0 Å². The molecule has 0 aliphatic heterocycles. The molecule has 0 bridgehead atoms. The molecular weight excluding hydrogens is 208 g/mol. The molecule has 0 amide bonds. The second kappa shape index (κ2) is 3.86. The van der Waals surface area contributed by atoms with Gasteiger partial charge in [0.25, 0.3) is 0 Å². The number of nitrogens with zero attached hydrogens (tertiary/aromatic N) is 3. The van der Waals surface area contributed by atoms with Gasteiger partial charge in [0.1, 0.15) is 5.82 Å². The van der Waals surface area contributed by atoms with Crippen LogP contribution in [0.15, 0.2) is 23.7 Å². The highest BCUT2D eigenvalue weighted by Crippen LogP contribution is 2.29. The monoisotopic (exact) mass is 220 g/mol. The van der Waals surface area contributed by atoms with Gasteiger partial charge < -0.3 is 10.6 Å². The molecule has 78 valence electrons. The van der Waals surface area contributed by atoms with Gasteiger partial charge in [-0.2, -0.15) is 0 Å². The van der Waals surface area contributed by atoms with E-state index in [1.807, 2.05) is 36.5 Å². The van der Waals surface area contributed by atoms with Crippen molar-refractivity contribution in [3.05, 3.63) is 23.7 Å². The largest absolute Gasteiger partial charge is 0.375 e. The molecule has 0 unspecified atom stereocenters. The van der Waals surface area contributed by atoms with Crippen LogP contribution in [0, 0.1) is 0 Å². The molecule has 15 heavy (non-hydrogen) atoms. The Kier molecular flexibility index (Phi) is 2.55. The fourth-order valence-corrected chi connectivity index (χ4v) is 1.93. The molecule has 0 aliphatic rings. The van der Waals surface area contributed by atoms with Gasteiger partial charge in [0.05, 0.1) is 5.69 Å². The highest BCUT2D eigenvalue weighted by molar-refractivity contribution is 7.13. The van der Waals surface area contributed by atoms with Crippen LogP contribution in [0.4, 0.5) is 10.9 Å². The van der Waals surface area contributed by atoms with Gasteiger partial charge in [-0.15, -0.1) is 11.3 Å². The lowest BCUT2D eigenvalue weighted by atomic mass is 10.2. The summed E-state index contributed by atoms with van der Waals surface area (Å²) in [6.07, 6.45) is 1.77. The van der Waals surface area contributed by atoms with E-state index in [1.165, 1.54) is 11.3 Å². The molecule has 2 aromatic heterocycles. The lowest BCUT2D eigenvalue weighted by Crippen LogP contribution is -2.11. The molecule has 2 heterocycles. The van der Waals surface area contributed by atoms with E-state index in [0.717, 1.165) is 17.1 Å². The summed E-state index contributed by atoms with van der Waals surface area (Å²) in [6, 6.07) is 3.90. The number of rotatable bonds is 2. The van der Waals surface area contributed by atoms with Crippen LogP contribution in [-0.2, 0) is 0 Å². The predicted molar refractivity (Wildman–Crippen MR) is 64.1 cm³/mol. The molecule has 0 fully saturated rings. The molecule has 2 N–H and O–H groups in total. The van der Waals surface area contributed by atoms with Crippen molar-refractivity contribution in [3.8, 4) is 11.3 Å². The van der Waals surface area contributed by atoms with Gasteiger partial charge in [-0.05, 0) is 12.1 Å². The third-order valence-corrected chi connectivity index (χ3v) is 2.68. The smallest absolute Gasteiger partial charge is 0.180 e. The van der Waals surface area contributed by atoms with Gasteiger partial charge in [0, 0.05) is 31.2 Å². The van der Waals surface area contributed by atoms with Crippen LogP contribution >= 0.6 is 11.3 Å². The molecule has 0 aromatic carbocycles. The summed E-state index contributed by atoms with van der Waals surface area (Å²) in [5, 5.41) is 2.53. The minimum atomic E-state index is 0.582. The summed E-state index contributed by atoms with van der Waals surface area (Å²) in [5.74, 6) is 0.905. The average Bonchev–Trinajstić information content (AvgIpc) is 2.65. The highest BCUT2D eigenvalue weighted by atomic mass is 32.1. The van der Waals surface area contributed by atoms with E-state index in [0.29, 0.717) is 5.13 Å². The summed E-state index contributed by atoms with van der Waals surface area (Å²) in [7, 11) is 3.92. The molecule has 0 saturated heterocycles. The van der Waals surface area contributed by atoms with Crippen molar-refractivity contribution in [1.82, 2.24) is 9.97 Å². The van der Waals surface area contributed by atoms with Gasteiger partial charge in [0.2, 0.25) is 0 Å². The van der Waals surface area contributed by atoms with Crippen molar-refractivity contribution in [2.75, 3.05) is 24.7 Å². The first kappa shape index (κ1) is 9.92. The third kappa shape index (κ3) is 1.92. The fourth-order valence-electron chi connectivity index (χ4n) is 1.36. The molecule has 0 atom stereocenters. The van der Waals surface area contributed by atoms with E-state index in [4.69, 9.17) is 5.73 Å². The first-order valence-electron chi connectivity index (χ1n) is 4.52. The predicted octanol–water partition coefficient (Wildman–Crippen LogP) is 1.85. The van der Waals surface area contributed by atoms with Crippen molar-refractivity contribution in [1.29, 1.82) is 0 Å². The Morgan fingerprint density at radius 1 is 1.40 bits per heavy atom. The summed E-state index contributed by atoms with van der Waals surface area (Å²) < 4.78 is 0. The number of anilines is 2. The maximum Gasteiger partial charge on any atom is 0.180 e. The minimum Gasteiger partial charge on any atom is -0.375 e.